The summed E-state index contributed by atoms with van der Waals surface area (Å²) in [5.41, 5.74) is -8.37. The molecule has 1 fully saturated rings. The summed E-state index contributed by atoms with van der Waals surface area (Å²) in [6.45, 7) is 0. The van der Waals surface area contributed by atoms with Crippen LogP contribution in [0, 0.1) is 11.8 Å². The fourth-order valence-corrected chi connectivity index (χ4v) is 2.21. The summed E-state index contributed by atoms with van der Waals surface area (Å²) in [5, 5.41) is 21.3. The summed E-state index contributed by atoms with van der Waals surface area (Å²) in [6.07, 6.45) is -12.9. The number of benzene rings is 1. The average molecular weight is 352 g/mol. The van der Waals surface area contributed by atoms with Crippen molar-refractivity contribution >= 4 is 23.4 Å². The first-order valence-electron chi connectivity index (χ1n) is 7.97. The van der Waals surface area contributed by atoms with E-state index in [0.717, 1.165) is 12.1 Å². The Balaban J connectivity index is 2.28. The zero-order chi connectivity index (χ0) is 20.6. The molecule has 1 atom stereocenters. The number of rotatable bonds is 0. The predicted octanol–water partition coefficient (Wildman–Crippen LogP) is 2.89. The first-order chi connectivity index (χ1) is 12.1. The zero-order valence-corrected chi connectivity index (χ0v) is 11.6. The number of phenolic OH excluding ortho intramolecular Hbond substituents is 1. The standard InChI is InChI=1S/C14H9ClF3NO4/c15-7-5-8-10(9(20)6-7)19-11(21)23-13(8,14(16,17)18)4-3-12(22)1-2-12/h5-6,20,22H,1-2H2,(H,19,21)/i1D2,2D2. The summed E-state index contributed by atoms with van der Waals surface area (Å²) in [5.74, 6) is 2.20. The Hall–Kier alpha value is -2.11. The molecule has 0 radical (unpaired) electrons. The summed E-state index contributed by atoms with van der Waals surface area (Å²) < 4.78 is 75.5. The molecular formula is C14H9ClF3NO4. The lowest BCUT2D eigenvalue weighted by molar-refractivity contribution is -0.239. The van der Waals surface area contributed by atoms with Crippen LogP contribution in [-0.4, -0.2) is 28.1 Å². The molecule has 1 amide bonds. The minimum Gasteiger partial charge on any atom is -0.506 e. The Labute approximate surface area is 138 Å². The molecule has 0 bridgehead atoms. The number of cyclic esters (lactones) is 1. The van der Waals surface area contributed by atoms with Gasteiger partial charge in [0.2, 0.25) is 0 Å². The maximum Gasteiger partial charge on any atom is 0.445 e. The first-order valence-corrected chi connectivity index (χ1v) is 6.35. The Bertz CT molecular complexity index is 913. The second-order valence-electron chi connectivity index (χ2n) is 4.75. The van der Waals surface area contributed by atoms with Gasteiger partial charge in [0.1, 0.15) is 11.4 Å². The van der Waals surface area contributed by atoms with Crippen molar-refractivity contribution < 1.29 is 38.4 Å². The van der Waals surface area contributed by atoms with E-state index >= 15 is 0 Å². The van der Waals surface area contributed by atoms with Gasteiger partial charge in [0, 0.05) is 22.1 Å². The highest BCUT2D eigenvalue weighted by Gasteiger charge is 2.62. The first kappa shape index (κ1) is 11.4. The number of alkyl halides is 3. The number of halogens is 4. The summed E-state index contributed by atoms with van der Waals surface area (Å²) in [4.78, 5) is 11.7. The minimum atomic E-state index is -5.41. The van der Waals surface area contributed by atoms with Crippen molar-refractivity contribution in [2.75, 3.05) is 5.32 Å². The maximum atomic E-state index is 13.9. The maximum absolute atomic E-state index is 13.9. The van der Waals surface area contributed by atoms with E-state index in [2.05, 4.69) is 4.74 Å². The topological polar surface area (TPSA) is 78.8 Å². The largest absolute Gasteiger partial charge is 0.506 e. The number of ether oxygens (including phenoxy) is 1. The molecule has 23 heavy (non-hydrogen) atoms. The number of phenols is 1. The fraction of sp³-hybridized carbons (Fsp3) is 0.357. The molecule has 0 saturated heterocycles. The van der Waals surface area contributed by atoms with Crippen molar-refractivity contribution in [1.82, 2.24) is 0 Å². The van der Waals surface area contributed by atoms with Crippen LogP contribution in [0.1, 0.15) is 23.8 Å². The molecule has 2 aliphatic rings. The second-order valence-corrected chi connectivity index (χ2v) is 5.19. The normalized spacial score (nSPS) is 31.6. The predicted molar refractivity (Wildman–Crippen MR) is 72.9 cm³/mol. The van der Waals surface area contributed by atoms with Crippen LogP contribution in [0.4, 0.5) is 23.7 Å². The van der Waals surface area contributed by atoms with Crippen LogP contribution in [0.25, 0.3) is 0 Å². The van der Waals surface area contributed by atoms with Gasteiger partial charge < -0.3 is 14.9 Å². The van der Waals surface area contributed by atoms with Gasteiger partial charge in [-0.05, 0) is 24.7 Å². The quantitative estimate of drug-likeness (QED) is 0.496. The molecule has 1 aromatic carbocycles. The van der Waals surface area contributed by atoms with Gasteiger partial charge in [-0.2, -0.15) is 13.2 Å². The van der Waals surface area contributed by atoms with Crippen molar-refractivity contribution in [1.29, 1.82) is 0 Å². The number of hydrogen-bond donors (Lipinski definition) is 3. The summed E-state index contributed by atoms with van der Waals surface area (Å²) in [6, 6.07) is 1.59. The highest BCUT2D eigenvalue weighted by Crippen LogP contribution is 2.50. The molecule has 1 heterocycles. The van der Waals surface area contributed by atoms with Crippen LogP contribution in [0.5, 0.6) is 5.75 Å². The number of amides is 1. The molecule has 122 valence electrons. The molecule has 0 spiro atoms. The van der Waals surface area contributed by atoms with E-state index in [4.69, 9.17) is 17.1 Å². The monoisotopic (exact) mass is 351 g/mol. The number of nitrogens with one attached hydrogen (secondary N) is 1. The molecule has 3 rings (SSSR count). The van der Waals surface area contributed by atoms with Crippen molar-refractivity contribution in [3.63, 3.8) is 0 Å². The highest BCUT2D eigenvalue weighted by molar-refractivity contribution is 6.31. The molecule has 1 unspecified atom stereocenters. The number of aromatic hydroxyl groups is 1. The molecule has 5 nitrogen and oxygen atoms in total. The summed E-state index contributed by atoms with van der Waals surface area (Å²) in [7, 11) is 0. The van der Waals surface area contributed by atoms with E-state index < -0.39 is 53.2 Å². The Morgan fingerprint density at radius 2 is 2.04 bits per heavy atom. The van der Waals surface area contributed by atoms with Crippen molar-refractivity contribution in [2.24, 2.45) is 0 Å². The number of carbonyl (C=O) groups is 1. The van der Waals surface area contributed by atoms with E-state index in [1.54, 1.807) is 0 Å². The van der Waals surface area contributed by atoms with E-state index in [0.29, 0.717) is 0 Å². The van der Waals surface area contributed by atoms with Gasteiger partial charge in [0.25, 0.3) is 5.60 Å². The third-order valence-corrected chi connectivity index (χ3v) is 3.33. The van der Waals surface area contributed by atoms with Crippen molar-refractivity contribution in [2.45, 2.75) is 30.1 Å². The van der Waals surface area contributed by atoms with Crippen LogP contribution in [0.2, 0.25) is 5.02 Å². The Morgan fingerprint density at radius 3 is 2.61 bits per heavy atom. The van der Waals surface area contributed by atoms with Gasteiger partial charge >= 0.3 is 12.3 Å². The number of carbonyl (C=O) groups excluding carboxylic acids is 1. The molecule has 1 aliphatic carbocycles. The van der Waals surface area contributed by atoms with Gasteiger partial charge in [0.05, 0.1) is 5.69 Å². The van der Waals surface area contributed by atoms with Gasteiger partial charge in [-0.3, -0.25) is 5.32 Å². The van der Waals surface area contributed by atoms with Gasteiger partial charge in [-0.1, -0.05) is 17.5 Å². The molecule has 3 N–H and O–H groups in total. The summed E-state index contributed by atoms with van der Waals surface area (Å²) >= 11 is 5.68. The zero-order valence-electron chi connectivity index (χ0n) is 14.9. The Morgan fingerprint density at radius 1 is 1.39 bits per heavy atom. The van der Waals surface area contributed by atoms with E-state index in [9.17, 15) is 28.2 Å². The lowest BCUT2D eigenvalue weighted by atomic mass is 9.89. The third-order valence-electron chi connectivity index (χ3n) is 3.11. The SMILES string of the molecule is [2H]C1([2H])C([2H])([2H])C1(O)C#CC1(C(F)(F)F)OC(=O)Nc2c(O)cc(Cl)cc21. The van der Waals surface area contributed by atoms with E-state index in [-0.39, 0.29) is 5.02 Å². The lowest BCUT2D eigenvalue weighted by Crippen LogP contribution is -2.49. The number of hydrogen-bond acceptors (Lipinski definition) is 4. The molecular weight excluding hydrogens is 339 g/mol. The number of aliphatic hydroxyl groups is 1. The smallest absolute Gasteiger partial charge is 0.445 e. The van der Waals surface area contributed by atoms with Gasteiger partial charge in [-0.25, -0.2) is 4.79 Å². The van der Waals surface area contributed by atoms with Crippen LogP contribution in [0.15, 0.2) is 12.1 Å². The molecule has 1 aromatic rings. The second kappa shape index (κ2) is 4.69. The minimum absolute atomic E-state index is 0.350. The van der Waals surface area contributed by atoms with Crippen molar-refractivity contribution in [3.05, 3.63) is 22.7 Å². The molecule has 1 aliphatic heterocycles. The average Bonchev–Trinajstić information content (AvgIpc) is 2.81. The van der Waals surface area contributed by atoms with E-state index in [1.807, 2.05) is 5.32 Å². The van der Waals surface area contributed by atoms with E-state index in [1.165, 1.54) is 11.8 Å². The Kier molecular flexibility index (Phi) is 2.33. The number of fused-ring (bicyclic) bond motifs is 1. The van der Waals surface area contributed by atoms with Crippen molar-refractivity contribution in [3.8, 4) is 17.6 Å². The van der Waals surface area contributed by atoms with Crippen LogP contribution >= 0.6 is 11.6 Å². The van der Waals surface area contributed by atoms with Crippen LogP contribution in [-0.2, 0) is 10.3 Å². The number of anilines is 1. The van der Waals surface area contributed by atoms with Crippen LogP contribution in [0.3, 0.4) is 0 Å². The fourth-order valence-electron chi connectivity index (χ4n) is 2.00. The lowest BCUT2D eigenvalue weighted by Gasteiger charge is -2.36. The molecule has 0 aromatic heterocycles. The third kappa shape index (κ3) is 2.56. The van der Waals surface area contributed by atoms with Crippen LogP contribution < -0.4 is 5.32 Å². The highest BCUT2D eigenvalue weighted by atomic mass is 35.5. The molecule has 9 heteroatoms. The van der Waals surface area contributed by atoms with Gasteiger partial charge in [-0.15, -0.1) is 0 Å². The molecule has 1 saturated carbocycles. The van der Waals surface area contributed by atoms with Gasteiger partial charge in [0.15, 0.2) is 0 Å².